The Balaban J connectivity index is 1.91. The van der Waals surface area contributed by atoms with Crippen molar-refractivity contribution in [1.82, 2.24) is 9.62 Å². The van der Waals surface area contributed by atoms with E-state index in [0.717, 1.165) is 42.6 Å². The standard InChI is InChI=1S/C16H26N2O2S/c1-13-4-5-14(2)16(10-13)12-21(19,20)17-11-15-6-8-18(3)9-7-15/h4-5,10,15,17H,6-9,11-12H2,1-3H3. The molecule has 0 aliphatic carbocycles. The molecule has 0 bridgehead atoms. The quantitative estimate of drug-likeness (QED) is 0.906. The Bertz CT molecular complexity index is 576. The largest absolute Gasteiger partial charge is 0.306 e. The van der Waals surface area contributed by atoms with Crippen LogP contribution in [-0.4, -0.2) is 40.0 Å². The van der Waals surface area contributed by atoms with Gasteiger partial charge in [-0.1, -0.05) is 23.8 Å². The molecule has 2 rings (SSSR count). The van der Waals surface area contributed by atoms with Gasteiger partial charge in [-0.05, 0) is 63.9 Å². The number of aryl methyl sites for hydroxylation is 2. The van der Waals surface area contributed by atoms with E-state index < -0.39 is 10.0 Å². The fourth-order valence-electron chi connectivity index (χ4n) is 2.72. The molecule has 118 valence electrons. The number of hydrogen-bond acceptors (Lipinski definition) is 3. The van der Waals surface area contributed by atoms with Crippen LogP contribution in [0.4, 0.5) is 0 Å². The molecule has 1 aliphatic rings. The highest BCUT2D eigenvalue weighted by molar-refractivity contribution is 7.88. The molecule has 1 aliphatic heterocycles. The Morgan fingerprint density at radius 3 is 2.57 bits per heavy atom. The van der Waals surface area contributed by atoms with E-state index in [9.17, 15) is 8.42 Å². The lowest BCUT2D eigenvalue weighted by Crippen LogP contribution is -2.37. The Kier molecular flexibility index (Phi) is 5.41. The number of likely N-dealkylation sites (tertiary alicyclic amines) is 1. The van der Waals surface area contributed by atoms with E-state index >= 15 is 0 Å². The van der Waals surface area contributed by atoms with Crippen LogP contribution in [0.2, 0.25) is 0 Å². The first kappa shape index (κ1) is 16.5. The van der Waals surface area contributed by atoms with Crippen molar-refractivity contribution in [2.24, 2.45) is 5.92 Å². The average molecular weight is 310 g/mol. The molecule has 0 spiro atoms. The molecule has 0 saturated carbocycles. The molecule has 1 heterocycles. The smallest absolute Gasteiger partial charge is 0.215 e. The predicted molar refractivity (Wildman–Crippen MR) is 86.8 cm³/mol. The van der Waals surface area contributed by atoms with Gasteiger partial charge in [0.25, 0.3) is 0 Å². The minimum Gasteiger partial charge on any atom is -0.306 e. The van der Waals surface area contributed by atoms with Gasteiger partial charge in [-0.25, -0.2) is 13.1 Å². The third-order valence-corrected chi connectivity index (χ3v) is 5.58. The summed E-state index contributed by atoms with van der Waals surface area (Å²) in [5.41, 5.74) is 3.03. The molecule has 21 heavy (non-hydrogen) atoms. The van der Waals surface area contributed by atoms with Crippen molar-refractivity contribution in [1.29, 1.82) is 0 Å². The Morgan fingerprint density at radius 2 is 1.90 bits per heavy atom. The SMILES string of the molecule is Cc1ccc(C)c(CS(=O)(=O)NCC2CCN(C)CC2)c1. The third-order valence-electron chi connectivity index (χ3n) is 4.28. The maximum atomic E-state index is 12.2. The molecule has 0 amide bonds. The fourth-order valence-corrected chi connectivity index (χ4v) is 4.03. The van der Waals surface area contributed by atoms with Crippen LogP contribution >= 0.6 is 0 Å². The van der Waals surface area contributed by atoms with Crippen LogP contribution in [-0.2, 0) is 15.8 Å². The molecule has 1 aromatic carbocycles. The number of rotatable bonds is 5. The second-order valence-corrected chi connectivity index (χ2v) is 8.09. The van der Waals surface area contributed by atoms with Crippen LogP contribution < -0.4 is 4.72 Å². The summed E-state index contributed by atoms with van der Waals surface area (Å²) in [6.45, 7) is 6.64. The zero-order chi connectivity index (χ0) is 15.5. The molecule has 4 nitrogen and oxygen atoms in total. The maximum absolute atomic E-state index is 12.2. The highest BCUT2D eigenvalue weighted by atomic mass is 32.2. The number of hydrogen-bond donors (Lipinski definition) is 1. The molecule has 1 fully saturated rings. The van der Waals surface area contributed by atoms with E-state index in [0.29, 0.717) is 12.5 Å². The monoisotopic (exact) mass is 310 g/mol. The molecule has 0 atom stereocenters. The van der Waals surface area contributed by atoms with Gasteiger partial charge in [0.15, 0.2) is 0 Å². The van der Waals surface area contributed by atoms with E-state index in [4.69, 9.17) is 0 Å². The van der Waals surface area contributed by atoms with Crippen LogP contribution in [0, 0.1) is 19.8 Å². The van der Waals surface area contributed by atoms with E-state index in [1.54, 1.807) is 0 Å². The lowest BCUT2D eigenvalue weighted by molar-refractivity contribution is 0.220. The number of benzene rings is 1. The lowest BCUT2D eigenvalue weighted by atomic mass is 9.98. The third kappa shape index (κ3) is 5.09. The van der Waals surface area contributed by atoms with Crippen molar-refractivity contribution in [2.45, 2.75) is 32.4 Å². The van der Waals surface area contributed by atoms with Crippen molar-refractivity contribution in [3.8, 4) is 0 Å². The number of nitrogens with one attached hydrogen (secondary N) is 1. The fraction of sp³-hybridized carbons (Fsp3) is 0.625. The molecule has 0 radical (unpaired) electrons. The van der Waals surface area contributed by atoms with Crippen molar-refractivity contribution < 1.29 is 8.42 Å². The van der Waals surface area contributed by atoms with Crippen LogP contribution in [0.1, 0.15) is 29.5 Å². The molecule has 0 unspecified atom stereocenters. The maximum Gasteiger partial charge on any atom is 0.215 e. The second-order valence-electron chi connectivity index (χ2n) is 6.28. The summed E-state index contributed by atoms with van der Waals surface area (Å²) < 4.78 is 27.3. The normalized spacial score (nSPS) is 18.0. The van der Waals surface area contributed by atoms with Crippen LogP contribution in [0.25, 0.3) is 0 Å². The van der Waals surface area contributed by atoms with Crippen LogP contribution in [0.15, 0.2) is 18.2 Å². The van der Waals surface area contributed by atoms with Gasteiger partial charge >= 0.3 is 0 Å². The van der Waals surface area contributed by atoms with Crippen molar-refractivity contribution in [3.05, 3.63) is 34.9 Å². The minimum absolute atomic E-state index is 0.0765. The summed E-state index contributed by atoms with van der Waals surface area (Å²) in [5, 5.41) is 0. The molecular weight excluding hydrogens is 284 g/mol. The molecule has 1 N–H and O–H groups in total. The van der Waals surface area contributed by atoms with Crippen molar-refractivity contribution in [3.63, 3.8) is 0 Å². The first-order valence-electron chi connectivity index (χ1n) is 7.58. The highest BCUT2D eigenvalue weighted by Gasteiger charge is 2.20. The van der Waals surface area contributed by atoms with E-state index in [1.807, 2.05) is 32.0 Å². The predicted octanol–water partition coefficient (Wildman–Crippen LogP) is 2.06. The summed E-state index contributed by atoms with van der Waals surface area (Å²) in [5.74, 6) is 0.544. The van der Waals surface area contributed by atoms with Crippen molar-refractivity contribution in [2.75, 3.05) is 26.7 Å². The molecule has 0 aromatic heterocycles. The topological polar surface area (TPSA) is 49.4 Å². The Hall–Kier alpha value is -0.910. The summed E-state index contributed by atoms with van der Waals surface area (Å²) in [6, 6.07) is 5.96. The van der Waals surface area contributed by atoms with Gasteiger partial charge in [0.1, 0.15) is 0 Å². The van der Waals surface area contributed by atoms with Gasteiger partial charge in [0.05, 0.1) is 5.75 Å². The van der Waals surface area contributed by atoms with Crippen LogP contribution in [0.5, 0.6) is 0 Å². The van der Waals surface area contributed by atoms with Gasteiger partial charge in [-0.15, -0.1) is 0 Å². The minimum atomic E-state index is -3.25. The molecule has 1 saturated heterocycles. The summed E-state index contributed by atoms with van der Waals surface area (Å²) in [4.78, 5) is 2.29. The first-order valence-corrected chi connectivity index (χ1v) is 9.23. The highest BCUT2D eigenvalue weighted by Crippen LogP contribution is 2.17. The lowest BCUT2D eigenvalue weighted by Gasteiger charge is -2.28. The number of sulfonamides is 1. The zero-order valence-electron chi connectivity index (χ0n) is 13.2. The van der Waals surface area contributed by atoms with Gasteiger partial charge in [0, 0.05) is 6.54 Å². The number of piperidine rings is 1. The molecule has 1 aromatic rings. The number of nitrogens with zero attached hydrogens (tertiary/aromatic N) is 1. The van der Waals surface area contributed by atoms with Crippen molar-refractivity contribution >= 4 is 10.0 Å². The first-order chi connectivity index (χ1) is 9.85. The average Bonchev–Trinajstić information content (AvgIpc) is 2.42. The zero-order valence-corrected chi connectivity index (χ0v) is 14.0. The van der Waals surface area contributed by atoms with Gasteiger partial charge in [-0.2, -0.15) is 0 Å². The molecular formula is C16H26N2O2S. The van der Waals surface area contributed by atoms with Gasteiger partial charge in [0.2, 0.25) is 10.0 Å². The van der Waals surface area contributed by atoms with E-state index in [1.165, 1.54) is 0 Å². The van der Waals surface area contributed by atoms with E-state index in [-0.39, 0.29) is 5.75 Å². The summed E-state index contributed by atoms with van der Waals surface area (Å²) in [7, 11) is -1.14. The Morgan fingerprint density at radius 1 is 1.24 bits per heavy atom. The van der Waals surface area contributed by atoms with Gasteiger partial charge < -0.3 is 4.90 Å². The molecule has 5 heteroatoms. The summed E-state index contributed by atoms with van der Waals surface area (Å²) in [6.07, 6.45) is 2.14. The summed E-state index contributed by atoms with van der Waals surface area (Å²) >= 11 is 0. The van der Waals surface area contributed by atoms with Crippen LogP contribution in [0.3, 0.4) is 0 Å². The Labute approximate surface area is 128 Å². The van der Waals surface area contributed by atoms with Gasteiger partial charge in [-0.3, -0.25) is 0 Å². The second kappa shape index (κ2) is 6.90. The van der Waals surface area contributed by atoms with E-state index in [2.05, 4.69) is 16.7 Å².